The Balaban J connectivity index is 1.25. The number of rotatable bonds is 4. The molecule has 1 saturated heterocycles. The summed E-state index contributed by atoms with van der Waals surface area (Å²) < 4.78 is 1.18. The van der Waals surface area contributed by atoms with Gasteiger partial charge in [-0.3, -0.25) is 9.69 Å². The largest absolute Gasteiger partial charge is 0.340 e. The number of halogens is 1. The van der Waals surface area contributed by atoms with Gasteiger partial charge in [-0.15, -0.1) is 0 Å². The van der Waals surface area contributed by atoms with Crippen LogP contribution >= 0.6 is 15.9 Å². The van der Waals surface area contributed by atoms with Crippen molar-refractivity contribution >= 4 is 21.8 Å². The highest BCUT2D eigenvalue weighted by molar-refractivity contribution is 9.10. The minimum absolute atomic E-state index is 0.410. The third-order valence-electron chi connectivity index (χ3n) is 6.40. The zero-order chi connectivity index (χ0) is 16.5. The SMILES string of the molecule is O=C(CC1CC2CCC1C2)N1CCN(Cc2ccccc2Br)CC1. The van der Waals surface area contributed by atoms with Gasteiger partial charge in [0.25, 0.3) is 0 Å². The summed E-state index contributed by atoms with van der Waals surface area (Å²) in [4.78, 5) is 17.2. The lowest BCUT2D eigenvalue weighted by Gasteiger charge is -2.36. The van der Waals surface area contributed by atoms with Crippen LogP contribution in [-0.2, 0) is 11.3 Å². The molecule has 24 heavy (non-hydrogen) atoms. The second-order valence-corrected chi connectivity index (χ2v) is 8.74. The molecule has 1 aromatic rings. The van der Waals surface area contributed by atoms with Crippen LogP contribution in [0.4, 0.5) is 0 Å². The zero-order valence-electron chi connectivity index (χ0n) is 14.3. The number of nitrogens with zero attached hydrogens (tertiary/aromatic N) is 2. The molecule has 4 rings (SSSR count). The smallest absolute Gasteiger partial charge is 0.222 e. The summed E-state index contributed by atoms with van der Waals surface area (Å²) in [5.41, 5.74) is 1.33. The molecule has 2 saturated carbocycles. The van der Waals surface area contributed by atoms with E-state index in [1.165, 1.54) is 35.7 Å². The van der Waals surface area contributed by atoms with Crippen molar-refractivity contribution in [2.45, 2.75) is 38.6 Å². The standard InChI is InChI=1S/C20H27BrN2O/c21-19-4-2-1-3-17(19)14-22-7-9-23(10-8-22)20(24)13-18-12-15-5-6-16(18)11-15/h1-4,15-16,18H,5-14H2. The molecule has 0 aromatic heterocycles. The normalized spacial score (nSPS) is 30.0. The number of piperazine rings is 1. The van der Waals surface area contributed by atoms with Gasteiger partial charge in [0.15, 0.2) is 0 Å². The van der Waals surface area contributed by atoms with E-state index in [0.29, 0.717) is 11.8 Å². The van der Waals surface area contributed by atoms with Crippen molar-refractivity contribution in [2.75, 3.05) is 26.2 Å². The predicted octanol–water partition coefficient (Wildman–Crippen LogP) is 3.92. The lowest BCUT2D eigenvalue weighted by Crippen LogP contribution is -2.48. The fourth-order valence-electron chi connectivity index (χ4n) is 5.00. The Bertz CT molecular complexity index is 597. The number of benzene rings is 1. The van der Waals surface area contributed by atoms with Crippen molar-refractivity contribution < 1.29 is 4.79 Å². The van der Waals surface area contributed by atoms with E-state index in [1.807, 2.05) is 0 Å². The van der Waals surface area contributed by atoms with Gasteiger partial charge in [0.2, 0.25) is 5.91 Å². The second-order valence-electron chi connectivity index (χ2n) is 7.89. The molecule has 2 aliphatic carbocycles. The molecule has 3 fully saturated rings. The van der Waals surface area contributed by atoms with Gasteiger partial charge in [-0.05, 0) is 48.6 Å². The van der Waals surface area contributed by atoms with Crippen molar-refractivity contribution in [1.82, 2.24) is 9.80 Å². The van der Waals surface area contributed by atoms with Gasteiger partial charge in [-0.1, -0.05) is 40.5 Å². The fourth-order valence-corrected chi connectivity index (χ4v) is 5.41. The second kappa shape index (κ2) is 7.17. The first kappa shape index (κ1) is 16.6. The molecular formula is C20H27BrN2O. The molecule has 1 amide bonds. The molecule has 3 unspecified atom stereocenters. The average Bonchev–Trinajstić information content (AvgIpc) is 3.20. The number of hydrogen-bond donors (Lipinski definition) is 0. The first-order valence-corrected chi connectivity index (χ1v) is 10.2. The Morgan fingerprint density at radius 3 is 2.54 bits per heavy atom. The summed E-state index contributed by atoms with van der Waals surface area (Å²) in [6.07, 6.45) is 6.33. The Labute approximate surface area is 153 Å². The number of hydrogen-bond acceptors (Lipinski definition) is 2. The van der Waals surface area contributed by atoms with Crippen molar-refractivity contribution in [3.63, 3.8) is 0 Å². The number of carbonyl (C=O) groups is 1. The molecule has 2 bridgehead atoms. The molecular weight excluding hydrogens is 364 g/mol. The maximum absolute atomic E-state index is 12.6. The molecule has 3 aliphatic rings. The minimum atomic E-state index is 0.410. The molecule has 0 spiro atoms. The maximum Gasteiger partial charge on any atom is 0.222 e. The first-order chi connectivity index (χ1) is 11.7. The van der Waals surface area contributed by atoms with E-state index in [4.69, 9.17) is 0 Å². The van der Waals surface area contributed by atoms with E-state index < -0.39 is 0 Å². The topological polar surface area (TPSA) is 23.6 Å². The van der Waals surface area contributed by atoms with E-state index >= 15 is 0 Å². The van der Waals surface area contributed by atoms with Crippen LogP contribution in [0.5, 0.6) is 0 Å². The van der Waals surface area contributed by atoms with Crippen LogP contribution in [0.3, 0.4) is 0 Å². The Morgan fingerprint density at radius 1 is 1.08 bits per heavy atom. The van der Waals surface area contributed by atoms with Crippen molar-refractivity contribution in [1.29, 1.82) is 0 Å². The first-order valence-electron chi connectivity index (χ1n) is 9.42. The molecule has 1 heterocycles. The van der Waals surface area contributed by atoms with E-state index in [9.17, 15) is 4.79 Å². The van der Waals surface area contributed by atoms with Crippen molar-refractivity contribution in [3.8, 4) is 0 Å². The Hall–Kier alpha value is -0.870. The van der Waals surface area contributed by atoms with Gasteiger partial charge in [-0.2, -0.15) is 0 Å². The van der Waals surface area contributed by atoms with Crippen LogP contribution in [0.2, 0.25) is 0 Å². The zero-order valence-corrected chi connectivity index (χ0v) is 15.9. The highest BCUT2D eigenvalue weighted by Crippen LogP contribution is 2.49. The van der Waals surface area contributed by atoms with E-state index in [0.717, 1.165) is 51.0 Å². The summed E-state index contributed by atoms with van der Waals surface area (Å²) in [5, 5.41) is 0. The third-order valence-corrected chi connectivity index (χ3v) is 7.17. The number of fused-ring (bicyclic) bond motifs is 2. The predicted molar refractivity (Wildman–Crippen MR) is 99.6 cm³/mol. The van der Waals surface area contributed by atoms with Gasteiger partial charge in [0.1, 0.15) is 0 Å². The molecule has 3 atom stereocenters. The van der Waals surface area contributed by atoms with Crippen LogP contribution in [-0.4, -0.2) is 41.9 Å². The van der Waals surface area contributed by atoms with Crippen LogP contribution in [0.1, 0.15) is 37.7 Å². The van der Waals surface area contributed by atoms with Gasteiger partial charge < -0.3 is 4.90 Å². The van der Waals surface area contributed by atoms with Crippen LogP contribution in [0, 0.1) is 17.8 Å². The summed E-state index contributed by atoms with van der Waals surface area (Å²) >= 11 is 3.63. The Kier molecular flexibility index (Phi) is 4.95. The molecule has 130 valence electrons. The van der Waals surface area contributed by atoms with Gasteiger partial charge in [0, 0.05) is 43.6 Å². The molecule has 3 nitrogen and oxygen atoms in total. The number of amides is 1. The van der Waals surface area contributed by atoms with E-state index in [2.05, 4.69) is 50.0 Å². The lowest BCUT2D eigenvalue weighted by atomic mass is 9.86. The number of carbonyl (C=O) groups excluding carboxylic acids is 1. The summed E-state index contributed by atoms with van der Waals surface area (Å²) in [6.45, 7) is 4.73. The highest BCUT2D eigenvalue weighted by atomic mass is 79.9. The van der Waals surface area contributed by atoms with Crippen LogP contribution in [0.15, 0.2) is 28.7 Å². The van der Waals surface area contributed by atoms with Gasteiger partial charge in [-0.25, -0.2) is 0 Å². The quantitative estimate of drug-likeness (QED) is 0.777. The van der Waals surface area contributed by atoms with Gasteiger partial charge in [0.05, 0.1) is 0 Å². The molecule has 1 aliphatic heterocycles. The average molecular weight is 391 g/mol. The van der Waals surface area contributed by atoms with E-state index in [-0.39, 0.29) is 0 Å². The summed E-state index contributed by atoms with van der Waals surface area (Å²) in [6, 6.07) is 8.43. The Morgan fingerprint density at radius 2 is 1.88 bits per heavy atom. The van der Waals surface area contributed by atoms with E-state index in [1.54, 1.807) is 0 Å². The molecule has 0 radical (unpaired) electrons. The lowest BCUT2D eigenvalue weighted by molar-refractivity contribution is -0.134. The molecule has 1 aromatic carbocycles. The van der Waals surface area contributed by atoms with Crippen molar-refractivity contribution in [3.05, 3.63) is 34.3 Å². The third kappa shape index (κ3) is 3.55. The fraction of sp³-hybridized carbons (Fsp3) is 0.650. The van der Waals surface area contributed by atoms with Crippen LogP contribution in [0.25, 0.3) is 0 Å². The van der Waals surface area contributed by atoms with Gasteiger partial charge >= 0.3 is 0 Å². The highest BCUT2D eigenvalue weighted by Gasteiger charge is 2.40. The molecule has 0 N–H and O–H groups in total. The summed E-state index contributed by atoms with van der Waals surface area (Å²) in [5.74, 6) is 2.90. The monoisotopic (exact) mass is 390 g/mol. The summed E-state index contributed by atoms with van der Waals surface area (Å²) in [7, 11) is 0. The van der Waals surface area contributed by atoms with Crippen molar-refractivity contribution in [2.24, 2.45) is 17.8 Å². The molecule has 4 heteroatoms. The maximum atomic E-state index is 12.6. The minimum Gasteiger partial charge on any atom is -0.340 e. The van der Waals surface area contributed by atoms with Crippen LogP contribution < -0.4 is 0 Å².